The van der Waals surface area contributed by atoms with Crippen molar-refractivity contribution >= 4 is 29.9 Å². The van der Waals surface area contributed by atoms with E-state index >= 15 is 0 Å². The quantitative estimate of drug-likeness (QED) is 0.707. The van der Waals surface area contributed by atoms with Crippen LogP contribution in [0.1, 0.15) is 10.4 Å². The fraction of sp³-hybridized carbons (Fsp3) is 0.333. The number of rotatable bonds is 8. The van der Waals surface area contributed by atoms with Gasteiger partial charge in [0.1, 0.15) is 0 Å². The predicted octanol–water partition coefficient (Wildman–Crippen LogP) is 1.91. The first-order valence-corrected chi connectivity index (χ1v) is 7.37. The number of ether oxygens (including phenoxy) is 1. The van der Waals surface area contributed by atoms with Crippen molar-refractivity contribution in [3.63, 3.8) is 0 Å². The third-order valence-corrected chi connectivity index (χ3v) is 3.22. The van der Waals surface area contributed by atoms with Gasteiger partial charge in [-0.25, -0.2) is 4.68 Å². The Hall–Kier alpha value is -1.60. The second kappa shape index (κ2) is 10.2. The highest BCUT2D eigenvalue weighted by molar-refractivity contribution is 6.30. The van der Waals surface area contributed by atoms with Crippen LogP contribution in [0, 0.1) is 0 Å². The molecule has 0 radical (unpaired) electrons. The minimum Gasteiger partial charge on any atom is -0.383 e. The molecule has 1 aromatic carbocycles. The molecule has 1 aromatic heterocycles. The van der Waals surface area contributed by atoms with Crippen molar-refractivity contribution in [1.29, 1.82) is 0 Å². The van der Waals surface area contributed by atoms with Crippen LogP contribution in [0.2, 0.25) is 5.02 Å². The number of carbonyl (C=O) groups excluding carboxylic acids is 1. The summed E-state index contributed by atoms with van der Waals surface area (Å²) in [5.41, 5.74) is 1.32. The topological polar surface area (TPSA) is 68.2 Å². The zero-order chi connectivity index (χ0) is 15.8. The molecule has 0 unspecified atom stereocenters. The van der Waals surface area contributed by atoms with Gasteiger partial charge < -0.3 is 15.4 Å². The largest absolute Gasteiger partial charge is 0.383 e. The molecule has 2 aromatic rings. The number of benzene rings is 1. The van der Waals surface area contributed by atoms with Crippen LogP contribution in [0.15, 0.2) is 36.7 Å². The minimum absolute atomic E-state index is 0. The number of hydrogen-bond donors (Lipinski definition) is 2. The van der Waals surface area contributed by atoms with E-state index in [4.69, 9.17) is 16.3 Å². The van der Waals surface area contributed by atoms with E-state index in [1.807, 2.05) is 12.1 Å². The number of aromatic nitrogens is 2. The lowest BCUT2D eigenvalue weighted by Gasteiger charge is -2.05. The minimum atomic E-state index is -0.151. The van der Waals surface area contributed by atoms with Gasteiger partial charge in [0, 0.05) is 38.0 Å². The molecule has 0 atom stereocenters. The Morgan fingerprint density at radius 2 is 2.17 bits per heavy atom. The van der Waals surface area contributed by atoms with Crippen LogP contribution in [0.25, 0.3) is 5.69 Å². The Morgan fingerprint density at radius 1 is 1.35 bits per heavy atom. The van der Waals surface area contributed by atoms with Crippen molar-refractivity contribution < 1.29 is 9.53 Å². The Morgan fingerprint density at radius 3 is 2.91 bits per heavy atom. The fourth-order valence-corrected chi connectivity index (χ4v) is 2.05. The first kappa shape index (κ1) is 19.4. The van der Waals surface area contributed by atoms with Crippen LogP contribution < -0.4 is 10.6 Å². The Balaban J connectivity index is 0.00000264. The van der Waals surface area contributed by atoms with Gasteiger partial charge >= 0.3 is 0 Å². The van der Waals surface area contributed by atoms with Gasteiger partial charge in [-0.15, -0.1) is 12.4 Å². The van der Waals surface area contributed by atoms with Crippen LogP contribution >= 0.6 is 24.0 Å². The van der Waals surface area contributed by atoms with Gasteiger partial charge in [-0.2, -0.15) is 5.10 Å². The molecule has 6 nitrogen and oxygen atoms in total. The summed E-state index contributed by atoms with van der Waals surface area (Å²) >= 11 is 5.95. The molecule has 126 valence electrons. The monoisotopic (exact) mass is 358 g/mol. The first-order chi connectivity index (χ1) is 10.7. The molecule has 0 bridgehead atoms. The number of nitrogens with one attached hydrogen (secondary N) is 2. The molecule has 0 spiro atoms. The first-order valence-electron chi connectivity index (χ1n) is 6.99. The summed E-state index contributed by atoms with van der Waals surface area (Å²) in [6, 6.07) is 7.29. The molecule has 0 aliphatic carbocycles. The Labute approximate surface area is 146 Å². The highest BCUT2D eigenvalue weighted by Crippen LogP contribution is 2.14. The second-order valence-electron chi connectivity index (χ2n) is 4.65. The molecule has 1 amide bonds. The molecular formula is C15H20Cl2N4O2. The molecular weight excluding hydrogens is 339 g/mol. The smallest absolute Gasteiger partial charge is 0.254 e. The van der Waals surface area contributed by atoms with E-state index in [-0.39, 0.29) is 18.3 Å². The maximum absolute atomic E-state index is 12.0. The summed E-state index contributed by atoms with van der Waals surface area (Å²) in [7, 11) is 1.65. The van der Waals surface area contributed by atoms with Crippen molar-refractivity contribution in [3.8, 4) is 5.69 Å². The second-order valence-corrected chi connectivity index (χ2v) is 5.09. The van der Waals surface area contributed by atoms with E-state index in [1.165, 1.54) is 6.20 Å². The van der Waals surface area contributed by atoms with Gasteiger partial charge in [0.25, 0.3) is 5.91 Å². The van der Waals surface area contributed by atoms with Crippen molar-refractivity contribution in [3.05, 3.63) is 47.2 Å². The van der Waals surface area contributed by atoms with Crippen LogP contribution in [-0.2, 0) is 4.74 Å². The zero-order valence-electron chi connectivity index (χ0n) is 12.8. The van der Waals surface area contributed by atoms with Crippen molar-refractivity contribution in [2.75, 3.05) is 33.4 Å². The van der Waals surface area contributed by atoms with E-state index in [2.05, 4.69) is 15.7 Å². The van der Waals surface area contributed by atoms with E-state index in [0.717, 1.165) is 12.2 Å². The van der Waals surface area contributed by atoms with Crippen LogP contribution in [0.3, 0.4) is 0 Å². The van der Waals surface area contributed by atoms with Gasteiger partial charge in [0.15, 0.2) is 0 Å². The van der Waals surface area contributed by atoms with E-state index in [1.54, 1.807) is 30.1 Å². The molecule has 2 rings (SSSR count). The van der Waals surface area contributed by atoms with Gasteiger partial charge in [-0.3, -0.25) is 4.79 Å². The molecule has 0 fully saturated rings. The number of carbonyl (C=O) groups is 1. The summed E-state index contributed by atoms with van der Waals surface area (Å²) in [5, 5.41) is 10.8. The third kappa shape index (κ3) is 6.19. The predicted molar refractivity (Wildman–Crippen MR) is 92.9 cm³/mol. The van der Waals surface area contributed by atoms with Gasteiger partial charge in [-0.1, -0.05) is 17.7 Å². The molecule has 0 aliphatic rings. The third-order valence-electron chi connectivity index (χ3n) is 2.99. The van der Waals surface area contributed by atoms with E-state index in [9.17, 15) is 4.79 Å². The SMILES string of the molecule is COCCNCCNC(=O)c1cnn(-c2cccc(Cl)c2)c1.Cl. The maximum Gasteiger partial charge on any atom is 0.254 e. The molecule has 23 heavy (non-hydrogen) atoms. The zero-order valence-corrected chi connectivity index (χ0v) is 14.4. The number of hydrogen-bond acceptors (Lipinski definition) is 4. The molecule has 8 heteroatoms. The number of halogens is 2. The average Bonchev–Trinajstić information content (AvgIpc) is 3.00. The fourth-order valence-electron chi connectivity index (χ4n) is 1.87. The summed E-state index contributed by atoms with van der Waals surface area (Å²) in [6.45, 7) is 2.65. The number of amides is 1. The standard InChI is InChI=1S/C15H19ClN4O2.ClH/c1-22-8-7-17-5-6-18-15(21)12-10-19-20(11-12)14-4-2-3-13(16)9-14;/h2-4,9-11,17H,5-8H2,1H3,(H,18,21);1H. The molecule has 0 aliphatic heterocycles. The van der Waals surface area contributed by atoms with Crippen LogP contribution in [0.5, 0.6) is 0 Å². The lowest BCUT2D eigenvalue weighted by molar-refractivity contribution is 0.0953. The van der Waals surface area contributed by atoms with E-state index in [0.29, 0.717) is 30.3 Å². The Kier molecular flexibility index (Phi) is 8.65. The van der Waals surface area contributed by atoms with E-state index < -0.39 is 0 Å². The van der Waals surface area contributed by atoms with Crippen molar-refractivity contribution in [1.82, 2.24) is 20.4 Å². The molecule has 1 heterocycles. The summed E-state index contributed by atoms with van der Waals surface area (Å²) in [4.78, 5) is 12.0. The van der Waals surface area contributed by atoms with Crippen LogP contribution in [0.4, 0.5) is 0 Å². The molecule has 0 saturated heterocycles. The summed E-state index contributed by atoms with van der Waals surface area (Å²) in [5.74, 6) is -0.151. The van der Waals surface area contributed by atoms with Gasteiger partial charge in [0.05, 0.1) is 24.1 Å². The Bertz CT molecular complexity index is 619. The molecule has 2 N–H and O–H groups in total. The molecule has 0 saturated carbocycles. The lowest BCUT2D eigenvalue weighted by Crippen LogP contribution is -2.32. The highest BCUT2D eigenvalue weighted by atomic mass is 35.5. The van der Waals surface area contributed by atoms with Crippen LogP contribution in [-0.4, -0.2) is 49.0 Å². The van der Waals surface area contributed by atoms with Crippen molar-refractivity contribution in [2.24, 2.45) is 0 Å². The summed E-state index contributed by atoms with van der Waals surface area (Å²) < 4.78 is 6.54. The highest BCUT2D eigenvalue weighted by Gasteiger charge is 2.08. The maximum atomic E-state index is 12.0. The van der Waals surface area contributed by atoms with Crippen molar-refractivity contribution in [2.45, 2.75) is 0 Å². The van der Waals surface area contributed by atoms with Gasteiger partial charge in [0.2, 0.25) is 0 Å². The van der Waals surface area contributed by atoms with Gasteiger partial charge in [-0.05, 0) is 18.2 Å². The number of nitrogens with zero attached hydrogens (tertiary/aromatic N) is 2. The number of methoxy groups -OCH3 is 1. The lowest BCUT2D eigenvalue weighted by atomic mass is 10.3. The average molecular weight is 359 g/mol. The normalized spacial score (nSPS) is 10.2. The summed E-state index contributed by atoms with van der Waals surface area (Å²) in [6.07, 6.45) is 3.22.